The fourth-order valence-electron chi connectivity index (χ4n) is 2.18. The Balaban J connectivity index is 2.08. The summed E-state index contributed by atoms with van der Waals surface area (Å²) in [6, 6.07) is 5.50. The van der Waals surface area contributed by atoms with Gasteiger partial charge < -0.3 is 24.4 Å². The minimum absolute atomic E-state index is 0.183. The summed E-state index contributed by atoms with van der Waals surface area (Å²) < 4.78 is 17.0. The van der Waals surface area contributed by atoms with Crippen LogP contribution in [0.2, 0.25) is 0 Å². The molecule has 0 aromatic heterocycles. The molecule has 0 atom stereocenters. The molecule has 1 amide bonds. The number of ether oxygens (including phenoxy) is 3. The SMILES string of the molecule is CCOC(CNC(=O)c1ccc(Br)cc1N1C=COC1)OCC. The van der Waals surface area contributed by atoms with E-state index in [-0.39, 0.29) is 5.91 Å². The second kappa shape index (κ2) is 8.90. The lowest BCUT2D eigenvalue weighted by atomic mass is 10.1. The van der Waals surface area contributed by atoms with Crippen LogP contribution < -0.4 is 10.2 Å². The predicted molar refractivity (Wildman–Crippen MR) is 91.1 cm³/mol. The molecule has 23 heavy (non-hydrogen) atoms. The number of amides is 1. The summed E-state index contributed by atoms with van der Waals surface area (Å²) in [6.07, 6.45) is 2.95. The van der Waals surface area contributed by atoms with Gasteiger partial charge in [-0.3, -0.25) is 4.79 Å². The Morgan fingerprint density at radius 1 is 1.39 bits per heavy atom. The molecular weight excluding hydrogens is 364 g/mol. The molecule has 0 radical (unpaired) electrons. The van der Waals surface area contributed by atoms with E-state index in [2.05, 4.69) is 21.2 Å². The van der Waals surface area contributed by atoms with Crippen molar-refractivity contribution >= 4 is 27.5 Å². The minimum Gasteiger partial charge on any atom is -0.479 e. The molecule has 6 nitrogen and oxygen atoms in total. The molecule has 2 rings (SSSR count). The second-order valence-electron chi connectivity index (χ2n) is 4.76. The first-order valence-corrected chi connectivity index (χ1v) is 8.30. The number of hydrogen-bond acceptors (Lipinski definition) is 5. The standard InChI is InChI=1S/C16H21BrN2O4/c1-3-22-15(23-4-2)10-18-16(20)13-6-5-12(17)9-14(13)19-7-8-21-11-19/h5-9,15H,3-4,10-11H2,1-2H3,(H,18,20). The Bertz CT molecular complexity index is 559. The van der Waals surface area contributed by atoms with Gasteiger partial charge in [0, 0.05) is 23.9 Å². The molecule has 1 aromatic carbocycles. The number of rotatable bonds is 8. The fourth-order valence-corrected chi connectivity index (χ4v) is 2.53. The van der Waals surface area contributed by atoms with Crippen molar-refractivity contribution in [3.05, 3.63) is 40.7 Å². The number of benzene rings is 1. The van der Waals surface area contributed by atoms with Crippen LogP contribution in [-0.4, -0.2) is 38.7 Å². The first-order valence-electron chi connectivity index (χ1n) is 7.51. The first-order chi connectivity index (χ1) is 11.2. The highest BCUT2D eigenvalue weighted by atomic mass is 79.9. The molecule has 1 heterocycles. The van der Waals surface area contributed by atoms with E-state index in [0.29, 0.717) is 32.1 Å². The van der Waals surface area contributed by atoms with Gasteiger partial charge in [-0.05, 0) is 32.0 Å². The van der Waals surface area contributed by atoms with Crippen LogP contribution in [0.1, 0.15) is 24.2 Å². The van der Waals surface area contributed by atoms with Crippen molar-refractivity contribution in [1.82, 2.24) is 5.32 Å². The maximum Gasteiger partial charge on any atom is 0.253 e. The minimum atomic E-state index is -0.442. The van der Waals surface area contributed by atoms with Gasteiger partial charge in [-0.1, -0.05) is 15.9 Å². The lowest BCUT2D eigenvalue weighted by molar-refractivity contribution is -0.131. The highest BCUT2D eigenvalue weighted by Crippen LogP contribution is 2.27. The Morgan fingerprint density at radius 2 is 2.13 bits per heavy atom. The Labute approximate surface area is 144 Å². The summed E-state index contributed by atoms with van der Waals surface area (Å²) >= 11 is 3.43. The molecule has 7 heteroatoms. The normalized spacial score (nSPS) is 13.5. The zero-order valence-electron chi connectivity index (χ0n) is 13.3. The third kappa shape index (κ3) is 4.95. The molecule has 0 fully saturated rings. The molecule has 0 bridgehead atoms. The van der Waals surface area contributed by atoms with E-state index in [9.17, 15) is 4.79 Å². The molecule has 0 unspecified atom stereocenters. The molecule has 126 valence electrons. The molecule has 1 aromatic rings. The second-order valence-corrected chi connectivity index (χ2v) is 5.68. The number of carbonyl (C=O) groups excluding carboxylic acids is 1. The quantitative estimate of drug-likeness (QED) is 0.698. The molecule has 1 aliphatic heterocycles. The lowest BCUT2D eigenvalue weighted by Crippen LogP contribution is -2.36. The summed E-state index contributed by atoms with van der Waals surface area (Å²) in [7, 11) is 0. The van der Waals surface area contributed by atoms with E-state index in [4.69, 9.17) is 14.2 Å². The van der Waals surface area contributed by atoms with Crippen molar-refractivity contribution in [3.8, 4) is 0 Å². The van der Waals surface area contributed by atoms with E-state index >= 15 is 0 Å². The maximum atomic E-state index is 12.5. The summed E-state index contributed by atoms with van der Waals surface area (Å²) in [5.41, 5.74) is 1.34. The largest absolute Gasteiger partial charge is 0.479 e. The van der Waals surface area contributed by atoms with Gasteiger partial charge in [0.15, 0.2) is 13.0 Å². The number of nitrogens with one attached hydrogen (secondary N) is 1. The predicted octanol–water partition coefficient (Wildman–Crippen LogP) is 2.84. The van der Waals surface area contributed by atoms with E-state index in [0.717, 1.165) is 10.2 Å². The third-order valence-corrected chi connectivity index (χ3v) is 3.69. The van der Waals surface area contributed by atoms with Crippen LogP contribution in [-0.2, 0) is 14.2 Å². The average Bonchev–Trinajstić information content (AvgIpc) is 3.07. The van der Waals surface area contributed by atoms with E-state index in [1.807, 2.05) is 30.9 Å². The number of halogens is 1. The van der Waals surface area contributed by atoms with Gasteiger partial charge in [0.25, 0.3) is 5.91 Å². The smallest absolute Gasteiger partial charge is 0.253 e. The van der Waals surface area contributed by atoms with E-state index in [1.54, 1.807) is 18.5 Å². The number of carbonyl (C=O) groups is 1. The van der Waals surface area contributed by atoms with Gasteiger partial charge in [-0.25, -0.2) is 0 Å². The zero-order valence-corrected chi connectivity index (χ0v) is 14.8. The topological polar surface area (TPSA) is 60.0 Å². The summed E-state index contributed by atoms with van der Waals surface area (Å²) in [5, 5.41) is 2.86. The van der Waals surface area contributed by atoms with E-state index < -0.39 is 6.29 Å². The summed E-state index contributed by atoms with van der Waals surface area (Å²) in [4.78, 5) is 14.4. The van der Waals surface area contributed by atoms with Crippen LogP contribution in [0.5, 0.6) is 0 Å². The Kier molecular flexibility index (Phi) is 6.88. The molecule has 1 N–H and O–H groups in total. The van der Waals surface area contributed by atoms with Crippen LogP contribution in [0.3, 0.4) is 0 Å². The monoisotopic (exact) mass is 384 g/mol. The van der Waals surface area contributed by atoms with Gasteiger partial charge in [-0.2, -0.15) is 0 Å². The van der Waals surface area contributed by atoms with Crippen molar-refractivity contribution in [1.29, 1.82) is 0 Å². The molecule has 0 spiro atoms. The molecule has 0 saturated carbocycles. The summed E-state index contributed by atoms with van der Waals surface area (Å²) in [5.74, 6) is -0.183. The highest BCUT2D eigenvalue weighted by Gasteiger charge is 2.19. The number of anilines is 1. The average molecular weight is 385 g/mol. The molecular formula is C16H21BrN2O4. The van der Waals surface area contributed by atoms with Crippen molar-refractivity contribution in [2.45, 2.75) is 20.1 Å². The maximum absolute atomic E-state index is 12.5. The zero-order chi connectivity index (χ0) is 16.7. The van der Waals surface area contributed by atoms with Crippen LogP contribution in [0.4, 0.5) is 5.69 Å². The van der Waals surface area contributed by atoms with Crippen molar-refractivity contribution < 1.29 is 19.0 Å². The summed E-state index contributed by atoms with van der Waals surface area (Å²) in [6.45, 7) is 5.51. The van der Waals surface area contributed by atoms with Crippen LogP contribution in [0, 0.1) is 0 Å². The Morgan fingerprint density at radius 3 is 2.74 bits per heavy atom. The molecule has 0 saturated heterocycles. The van der Waals surface area contributed by atoms with Gasteiger partial charge in [0.2, 0.25) is 0 Å². The van der Waals surface area contributed by atoms with E-state index in [1.165, 1.54) is 0 Å². The lowest BCUT2D eigenvalue weighted by Gasteiger charge is -2.20. The fraction of sp³-hybridized carbons (Fsp3) is 0.438. The van der Waals surface area contributed by atoms with Crippen LogP contribution in [0.15, 0.2) is 35.1 Å². The van der Waals surface area contributed by atoms with Gasteiger partial charge in [-0.15, -0.1) is 0 Å². The van der Waals surface area contributed by atoms with Crippen molar-refractivity contribution in [2.75, 3.05) is 31.4 Å². The van der Waals surface area contributed by atoms with Gasteiger partial charge in [0.05, 0.1) is 17.8 Å². The van der Waals surface area contributed by atoms with Crippen LogP contribution in [0.25, 0.3) is 0 Å². The molecule has 0 aliphatic carbocycles. The van der Waals surface area contributed by atoms with Gasteiger partial charge in [0.1, 0.15) is 6.26 Å². The van der Waals surface area contributed by atoms with Crippen molar-refractivity contribution in [3.63, 3.8) is 0 Å². The first kappa shape index (κ1) is 17.8. The highest BCUT2D eigenvalue weighted by molar-refractivity contribution is 9.10. The number of nitrogens with zero attached hydrogens (tertiary/aromatic N) is 1. The van der Waals surface area contributed by atoms with Gasteiger partial charge >= 0.3 is 0 Å². The third-order valence-electron chi connectivity index (χ3n) is 3.20. The number of hydrogen-bond donors (Lipinski definition) is 1. The van der Waals surface area contributed by atoms with Crippen molar-refractivity contribution in [2.24, 2.45) is 0 Å². The Hall–Kier alpha value is -1.57. The van der Waals surface area contributed by atoms with Crippen LogP contribution >= 0.6 is 15.9 Å². The molecule has 1 aliphatic rings.